The molecule has 0 aliphatic heterocycles. The SMILES string of the molecule is COc1cnc2c(Cl)cc(C=O)cc2n1. The van der Waals surface area contributed by atoms with Crippen molar-refractivity contribution in [3.8, 4) is 5.88 Å². The number of carbonyl (C=O) groups excluding carboxylic acids is 1. The van der Waals surface area contributed by atoms with E-state index in [1.165, 1.54) is 13.3 Å². The molecule has 15 heavy (non-hydrogen) atoms. The maximum atomic E-state index is 10.6. The minimum absolute atomic E-state index is 0.390. The van der Waals surface area contributed by atoms with Crippen LogP contribution >= 0.6 is 11.6 Å². The van der Waals surface area contributed by atoms with E-state index in [1.54, 1.807) is 12.1 Å². The summed E-state index contributed by atoms with van der Waals surface area (Å²) in [4.78, 5) is 18.8. The average molecular weight is 223 g/mol. The van der Waals surface area contributed by atoms with E-state index in [4.69, 9.17) is 16.3 Å². The Bertz CT molecular complexity index is 528. The summed E-state index contributed by atoms with van der Waals surface area (Å²) in [6.07, 6.45) is 2.20. The van der Waals surface area contributed by atoms with Crippen molar-refractivity contribution in [3.63, 3.8) is 0 Å². The number of nitrogens with zero attached hydrogens (tertiary/aromatic N) is 2. The molecule has 0 atom stereocenters. The highest BCUT2D eigenvalue weighted by Crippen LogP contribution is 2.23. The monoisotopic (exact) mass is 222 g/mol. The van der Waals surface area contributed by atoms with Crippen LogP contribution in [0.4, 0.5) is 0 Å². The van der Waals surface area contributed by atoms with E-state index < -0.39 is 0 Å². The molecular formula is C10H7ClN2O2. The second kappa shape index (κ2) is 3.82. The van der Waals surface area contributed by atoms with E-state index in [0.717, 1.165) is 0 Å². The number of ether oxygens (including phenoxy) is 1. The maximum absolute atomic E-state index is 10.6. The number of halogens is 1. The first kappa shape index (κ1) is 9.86. The van der Waals surface area contributed by atoms with Gasteiger partial charge in [0.05, 0.1) is 23.8 Å². The number of benzene rings is 1. The summed E-state index contributed by atoms with van der Waals surface area (Å²) in [6.45, 7) is 0. The first-order valence-electron chi connectivity index (χ1n) is 4.20. The highest BCUT2D eigenvalue weighted by atomic mass is 35.5. The van der Waals surface area contributed by atoms with Crippen molar-refractivity contribution < 1.29 is 9.53 Å². The molecule has 4 nitrogen and oxygen atoms in total. The highest BCUT2D eigenvalue weighted by molar-refractivity contribution is 6.35. The van der Waals surface area contributed by atoms with Crippen LogP contribution in [0.3, 0.4) is 0 Å². The summed E-state index contributed by atoms with van der Waals surface area (Å²) in [5, 5.41) is 0.407. The van der Waals surface area contributed by atoms with Crippen molar-refractivity contribution in [2.24, 2.45) is 0 Å². The lowest BCUT2D eigenvalue weighted by molar-refractivity contribution is 0.112. The predicted octanol–water partition coefficient (Wildman–Crippen LogP) is 2.10. The molecule has 2 aromatic rings. The van der Waals surface area contributed by atoms with Gasteiger partial charge in [0.2, 0.25) is 5.88 Å². The third-order valence-electron chi connectivity index (χ3n) is 1.95. The Kier molecular flexibility index (Phi) is 2.51. The van der Waals surface area contributed by atoms with Crippen LogP contribution in [0.25, 0.3) is 11.0 Å². The minimum atomic E-state index is 0.390. The number of fused-ring (bicyclic) bond motifs is 1. The molecule has 1 aromatic carbocycles. The molecule has 0 aliphatic carbocycles. The van der Waals surface area contributed by atoms with Gasteiger partial charge in [0.1, 0.15) is 11.8 Å². The van der Waals surface area contributed by atoms with Crippen LogP contribution in [0, 0.1) is 0 Å². The van der Waals surface area contributed by atoms with E-state index in [1.807, 2.05) is 0 Å². The molecule has 0 N–H and O–H groups in total. The molecule has 0 aliphatic rings. The van der Waals surface area contributed by atoms with Gasteiger partial charge in [-0.05, 0) is 12.1 Å². The van der Waals surface area contributed by atoms with Crippen molar-refractivity contribution in [1.29, 1.82) is 0 Å². The lowest BCUT2D eigenvalue weighted by Crippen LogP contribution is -1.92. The van der Waals surface area contributed by atoms with Crippen LogP contribution < -0.4 is 4.74 Å². The number of methoxy groups -OCH3 is 1. The summed E-state index contributed by atoms with van der Waals surface area (Å²) in [5.41, 5.74) is 1.57. The quantitative estimate of drug-likeness (QED) is 0.731. The first-order valence-corrected chi connectivity index (χ1v) is 4.58. The summed E-state index contributed by atoms with van der Waals surface area (Å²) in [5.74, 6) is 0.390. The van der Waals surface area contributed by atoms with Gasteiger partial charge in [0.15, 0.2) is 0 Å². The third-order valence-corrected chi connectivity index (χ3v) is 2.23. The summed E-state index contributed by atoms with van der Waals surface area (Å²) in [6, 6.07) is 3.17. The van der Waals surface area contributed by atoms with Gasteiger partial charge in [-0.2, -0.15) is 0 Å². The maximum Gasteiger partial charge on any atom is 0.232 e. The topological polar surface area (TPSA) is 52.1 Å². The van der Waals surface area contributed by atoms with E-state index in [9.17, 15) is 4.79 Å². The third kappa shape index (κ3) is 1.76. The fourth-order valence-electron chi connectivity index (χ4n) is 1.25. The van der Waals surface area contributed by atoms with Crippen molar-refractivity contribution in [2.45, 2.75) is 0 Å². The Morgan fingerprint density at radius 2 is 2.27 bits per heavy atom. The van der Waals surface area contributed by atoms with Gasteiger partial charge >= 0.3 is 0 Å². The van der Waals surface area contributed by atoms with Crippen LogP contribution in [0.5, 0.6) is 5.88 Å². The summed E-state index contributed by atoms with van der Waals surface area (Å²) in [7, 11) is 1.50. The van der Waals surface area contributed by atoms with Crippen LogP contribution in [0.2, 0.25) is 5.02 Å². The van der Waals surface area contributed by atoms with E-state index in [0.29, 0.717) is 33.8 Å². The molecule has 0 spiro atoms. The standard InChI is InChI=1S/C10H7ClN2O2/c1-15-9-4-12-10-7(11)2-6(5-14)3-8(10)13-9/h2-5H,1H3. The predicted molar refractivity (Wildman–Crippen MR) is 56.5 cm³/mol. The molecular weight excluding hydrogens is 216 g/mol. The smallest absolute Gasteiger partial charge is 0.232 e. The van der Waals surface area contributed by atoms with E-state index in [-0.39, 0.29) is 0 Å². The van der Waals surface area contributed by atoms with Crippen LogP contribution in [0.1, 0.15) is 10.4 Å². The molecule has 1 aromatic heterocycles. The fourth-order valence-corrected chi connectivity index (χ4v) is 1.52. The van der Waals surface area contributed by atoms with Crippen LogP contribution in [-0.2, 0) is 0 Å². The van der Waals surface area contributed by atoms with Crippen molar-refractivity contribution in [1.82, 2.24) is 9.97 Å². The van der Waals surface area contributed by atoms with E-state index >= 15 is 0 Å². The fraction of sp³-hybridized carbons (Fsp3) is 0.100. The van der Waals surface area contributed by atoms with Gasteiger partial charge in [-0.15, -0.1) is 0 Å². The normalized spacial score (nSPS) is 10.3. The molecule has 0 fully saturated rings. The molecule has 1 heterocycles. The molecule has 5 heteroatoms. The minimum Gasteiger partial charge on any atom is -0.480 e. The van der Waals surface area contributed by atoms with Crippen molar-refractivity contribution in [2.75, 3.05) is 7.11 Å². The molecule has 0 radical (unpaired) electrons. The van der Waals surface area contributed by atoms with Gasteiger partial charge in [0, 0.05) is 5.56 Å². The van der Waals surface area contributed by atoms with Gasteiger partial charge in [-0.25, -0.2) is 9.97 Å². The lowest BCUT2D eigenvalue weighted by Gasteiger charge is -2.02. The second-order valence-electron chi connectivity index (χ2n) is 2.90. The molecule has 76 valence electrons. The largest absolute Gasteiger partial charge is 0.480 e. The highest BCUT2D eigenvalue weighted by Gasteiger charge is 2.05. The van der Waals surface area contributed by atoms with Gasteiger partial charge < -0.3 is 4.74 Å². The van der Waals surface area contributed by atoms with Gasteiger partial charge in [-0.1, -0.05) is 11.6 Å². The molecule has 0 bridgehead atoms. The molecule has 0 amide bonds. The summed E-state index contributed by atoms with van der Waals surface area (Å²) < 4.78 is 4.93. The molecule has 0 saturated heterocycles. The Morgan fingerprint density at radius 1 is 1.47 bits per heavy atom. The number of aldehydes is 1. The summed E-state index contributed by atoms with van der Waals surface area (Å²) >= 11 is 5.93. The lowest BCUT2D eigenvalue weighted by atomic mass is 10.2. The zero-order valence-corrected chi connectivity index (χ0v) is 8.65. The Balaban J connectivity index is 2.74. The van der Waals surface area contributed by atoms with Crippen LogP contribution in [0.15, 0.2) is 18.3 Å². The van der Waals surface area contributed by atoms with Gasteiger partial charge in [0.25, 0.3) is 0 Å². The molecule has 2 rings (SSSR count). The van der Waals surface area contributed by atoms with E-state index in [2.05, 4.69) is 9.97 Å². The number of rotatable bonds is 2. The first-order chi connectivity index (χ1) is 7.24. The molecule has 0 saturated carbocycles. The number of aromatic nitrogens is 2. The second-order valence-corrected chi connectivity index (χ2v) is 3.31. The molecule has 0 unspecified atom stereocenters. The zero-order chi connectivity index (χ0) is 10.8. The Hall–Kier alpha value is -1.68. The number of hydrogen-bond donors (Lipinski definition) is 0. The van der Waals surface area contributed by atoms with Gasteiger partial charge in [-0.3, -0.25) is 4.79 Å². The Labute approximate surface area is 90.9 Å². The number of hydrogen-bond acceptors (Lipinski definition) is 4. The van der Waals surface area contributed by atoms with Crippen molar-refractivity contribution >= 4 is 28.9 Å². The average Bonchev–Trinajstić information content (AvgIpc) is 2.28. The Morgan fingerprint density at radius 3 is 2.93 bits per heavy atom. The zero-order valence-electron chi connectivity index (χ0n) is 7.90. The number of carbonyl (C=O) groups is 1. The van der Waals surface area contributed by atoms with Crippen LogP contribution in [-0.4, -0.2) is 23.4 Å². The van der Waals surface area contributed by atoms with Crippen molar-refractivity contribution in [3.05, 3.63) is 28.9 Å².